The van der Waals surface area contributed by atoms with Gasteiger partial charge in [-0.1, -0.05) is 6.42 Å². The van der Waals surface area contributed by atoms with Crippen LogP contribution in [0.1, 0.15) is 41.1 Å². The topological polar surface area (TPSA) is 91.6 Å². The van der Waals surface area contributed by atoms with Crippen molar-refractivity contribution < 1.29 is 19.1 Å². The Labute approximate surface area is 123 Å². The van der Waals surface area contributed by atoms with Crippen molar-refractivity contribution in [1.82, 2.24) is 10.6 Å². The van der Waals surface area contributed by atoms with Gasteiger partial charge in [0.15, 0.2) is 0 Å². The number of aryl methyl sites for hydroxylation is 2. The Morgan fingerprint density at radius 3 is 2.67 bits per heavy atom. The van der Waals surface area contributed by atoms with Crippen molar-refractivity contribution in [3.63, 3.8) is 0 Å². The standard InChI is InChI=1S/C15H22N2O4/c1-9-6-12(10(2)21-9)15(20)17-8-14(19)16-7-11-4-3-5-13(11)18/h6,11,13,18H,3-5,7-8H2,1-2H3,(H,16,19)(H,17,20). The summed E-state index contributed by atoms with van der Waals surface area (Å²) >= 11 is 0. The number of aliphatic hydroxyl groups excluding tert-OH is 1. The van der Waals surface area contributed by atoms with E-state index in [9.17, 15) is 14.7 Å². The minimum absolute atomic E-state index is 0.0781. The zero-order valence-corrected chi connectivity index (χ0v) is 12.4. The Morgan fingerprint density at radius 2 is 2.10 bits per heavy atom. The quantitative estimate of drug-likeness (QED) is 0.752. The first-order valence-corrected chi connectivity index (χ1v) is 7.27. The lowest BCUT2D eigenvalue weighted by Gasteiger charge is -2.15. The first-order valence-electron chi connectivity index (χ1n) is 7.27. The van der Waals surface area contributed by atoms with E-state index in [0.717, 1.165) is 19.3 Å². The summed E-state index contributed by atoms with van der Waals surface area (Å²) in [5.41, 5.74) is 0.450. The monoisotopic (exact) mass is 294 g/mol. The minimum Gasteiger partial charge on any atom is -0.466 e. The molecule has 1 aliphatic rings. The van der Waals surface area contributed by atoms with Crippen LogP contribution in [0.25, 0.3) is 0 Å². The molecule has 6 nitrogen and oxygen atoms in total. The third kappa shape index (κ3) is 4.07. The summed E-state index contributed by atoms with van der Waals surface area (Å²) < 4.78 is 5.28. The first-order chi connectivity index (χ1) is 9.97. The molecule has 2 atom stereocenters. The van der Waals surface area contributed by atoms with E-state index in [1.165, 1.54) is 0 Å². The Bertz CT molecular complexity index is 524. The number of hydrogen-bond donors (Lipinski definition) is 3. The van der Waals surface area contributed by atoms with Crippen molar-refractivity contribution >= 4 is 11.8 Å². The summed E-state index contributed by atoms with van der Waals surface area (Å²) in [6.45, 7) is 3.86. The minimum atomic E-state index is -0.323. The largest absolute Gasteiger partial charge is 0.466 e. The molecule has 1 aliphatic carbocycles. The SMILES string of the molecule is Cc1cc(C(=O)NCC(=O)NCC2CCCC2O)c(C)o1. The molecule has 0 bridgehead atoms. The number of hydrogen-bond acceptors (Lipinski definition) is 4. The summed E-state index contributed by atoms with van der Waals surface area (Å²) in [5.74, 6) is 0.765. The Hall–Kier alpha value is -1.82. The smallest absolute Gasteiger partial charge is 0.255 e. The van der Waals surface area contributed by atoms with Gasteiger partial charge >= 0.3 is 0 Å². The Morgan fingerprint density at radius 1 is 1.33 bits per heavy atom. The van der Waals surface area contributed by atoms with Gasteiger partial charge in [0.2, 0.25) is 5.91 Å². The molecule has 3 N–H and O–H groups in total. The summed E-state index contributed by atoms with van der Waals surface area (Å²) in [6.07, 6.45) is 2.41. The van der Waals surface area contributed by atoms with Gasteiger partial charge in [-0.2, -0.15) is 0 Å². The molecule has 0 aromatic carbocycles. The zero-order chi connectivity index (χ0) is 15.4. The van der Waals surface area contributed by atoms with Crippen LogP contribution in [-0.2, 0) is 4.79 Å². The second-order valence-corrected chi connectivity index (χ2v) is 5.57. The van der Waals surface area contributed by atoms with Crippen LogP contribution in [0.15, 0.2) is 10.5 Å². The van der Waals surface area contributed by atoms with Crippen LogP contribution in [0.4, 0.5) is 0 Å². The highest BCUT2D eigenvalue weighted by Gasteiger charge is 2.25. The van der Waals surface area contributed by atoms with E-state index in [4.69, 9.17) is 4.42 Å². The van der Waals surface area contributed by atoms with E-state index in [0.29, 0.717) is 23.6 Å². The van der Waals surface area contributed by atoms with Crippen molar-refractivity contribution in [2.75, 3.05) is 13.1 Å². The van der Waals surface area contributed by atoms with Gasteiger partial charge in [0.25, 0.3) is 5.91 Å². The molecule has 0 spiro atoms. The van der Waals surface area contributed by atoms with Crippen molar-refractivity contribution in [3.8, 4) is 0 Å². The van der Waals surface area contributed by atoms with Gasteiger partial charge in [-0.15, -0.1) is 0 Å². The van der Waals surface area contributed by atoms with Gasteiger partial charge in [0.05, 0.1) is 18.2 Å². The maximum absolute atomic E-state index is 11.9. The molecule has 1 heterocycles. The maximum atomic E-state index is 11.9. The molecule has 1 saturated carbocycles. The molecule has 21 heavy (non-hydrogen) atoms. The van der Waals surface area contributed by atoms with Gasteiger partial charge in [-0.3, -0.25) is 9.59 Å². The van der Waals surface area contributed by atoms with Crippen LogP contribution in [0, 0.1) is 19.8 Å². The molecule has 2 unspecified atom stereocenters. The van der Waals surface area contributed by atoms with Gasteiger partial charge < -0.3 is 20.2 Å². The summed E-state index contributed by atoms with van der Waals surface area (Å²) in [6, 6.07) is 1.65. The van der Waals surface area contributed by atoms with Gasteiger partial charge in [-0.05, 0) is 32.8 Å². The van der Waals surface area contributed by atoms with Crippen LogP contribution in [0.3, 0.4) is 0 Å². The van der Waals surface area contributed by atoms with E-state index in [1.54, 1.807) is 19.9 Å². The third-order valence-corrected chi connectivity index (χ3v) is 3.88. The van der Waals surface area contributed by atoms with Crippen molar-refractivity contribution in [1.29, 1.82) is 0 Å². The lowest BCUT2D eigenvalue weighted by Crippen LogP contribution is -2.40. The predicted octanol–water partition coefficient (Wildman–Crippen LogP) is 0.903. The van der Waals surface area contributed by atoms with Gasteiger partial charge in [-0.25, -0.2) is 0 Å². The van der Waals surface area contributed by atoms with E-state index in [-0.39, 0.29) is 30.4 Å². The molecule has 0 saturated heterocycles. The molecule has 0 aliphatic heterocycles. The average Bonchev–Trinajstić information content (AvgIpc) is 2.99. The molecule has 6 heteroatoms. The number of carbonyl (C=O) groups excluding carboxylic acids is 2. The fourth-order valence-electron chi connectivity index (χ4n) is 2.67. The molecule has 2 amide bonds. The van der Waals surface area contributed by atoms with Gasteiger partial charge in [0.1, 0.15) is 11.5 Å². The van der Waals surface area contributed by atoms with Gasteiger partial charge in [0, 0.05) is 12.5 Å². The molecular weight excluding hydrogens is 272 g/mol. The molecule has 1 aromatic rings. The van der Waals surface area contributed by atoms with E-state index < -0.39 is 0 Å². The second kappa shape index (κ2) is 6.76. The van der Waals surface area contributed by atoms with E-state index >= 15 is 0 Å². The van der Waals surface area contributed by atoms with E-state index in [2.05, 4.69) is 10.6 Å². The summed E-state index contributed by atoms with van der Waals surface area (Å²) in [7, 11) is 0. The van der Waals surface area contributed by atoms with Crippen LogP contribution >= 0.6 is 0 Å². The number of nitrogens with one attached hydrogen (secondary N) is 2. The molecular formula is C15H22N2O4. The number of rotatable bonds is 5. The highest BCUT2D eigenvalue weighted by Crippen LogP contribution is 2.24. The predicted molar refractivity (Wildman–Crippen MR) is 76.9 cm³/mol. The third-order valence-electron chi connectivity index (χ3n) is 3.88. The fraction of sp³-hybridized carbons (Fsp3) is 0.600. The number of amides is 2. The normalized spacial score (nSPS) is 21.3. The average molecular weight is 294 g/mol. The molecule has 116 valence electrons. The van der Waals surface area contributed by atoms with Crippen LogP contribution in [-0.4, -0.2) is 36.1 Å². The highest BCUT2D eigenvalue weighted by atomic mass is 16.3. The lowest BCUT2D eigenvalue weighted by atomic mass is 10.1. The highest BCUT2D eigenvalue weighted by molar-refractivity contribution is 5.97. The second-order valence-electron chi connectivity index (χ2n) is 5.57. The summed E-state index contributed by atoms with van der Waals surface area (Å²) in [4.78, 5) is 23.6. The van der Waals surface area contributed by atoms with Crippen molar-refractivity contribution in [2.24, 2.45) is 5.92 Å². The van der Waals surface area contributed by atoms with Crippen LogP contribution in [0.5, 0.6) is 0 Å². The zero-order valence-electron chi connectivity index (χ0n) is 12.4. The number of carbonyl (C=O) groups is 2. The summed E-state index contributed by atoms with van der Waals surface area (Å²) in [5, 5.41) is 15.0. The lowest BCUT2D eigenvalue weighted by molar-refractivity contribution is -0.120. The van der Waals surface area contributed by atoms with Crippen molar-refractivity contribution in [2.45, 2.75) is 39.2 Å². The molecule has 2 rings (SSSR count). The Kier molecular flexibility index (Phi) is 5.01. The number of furan rings is 1. The molecule has 1 fully saturated rings. The van der Waals surface area contributed by atoms with Crippen molar-refractivity contribution in [3.05, 3.63) is 23.2 Å². The van der Waals surface area contributed by atoms with Crippen LogP contribution in [0.2, 0.25) is 0 Å². The van der Waals surface area contributed by atoms with Crippen LogP contribution < -0.4 is 10.6 Å². The number of aliphatic hydroxyl groups is 1. The molecule has 1 aromatic heterocycles. The Balaban J connectivity index is 1.73. The maximum Gasteiger partial charge on any atom is 0.255 e. The molecule has 0 radical (unpaired) electrons. The van der Waals surface area contributed by atoms with E-state index in [1.807, 2.05) is 0 Å². The first kappa shape index (κ1) is 15.6. The fourth-order valence-corrected chi connectivity index (χ4v) is 2.67.